The predicted molar refractivity (Wildman–Crippen MR) is 82.8 cm³/mol. The van der Waals surface area contributed by atoms with E-state index in [2.05, 4.69) is 38.3 Å². The number of imidazole rings is 1. The average molecular weight is 277 g/mol. The van der Waals surface area contributed by atoms with Gasteiger partial charge in [0, 0.05) is 23.4 Å². The minimum Gasteiger partial charge on any atom is -0.327 e. The molecule has 3 nitrogen and oxygen atoms in total. The molecule has 0 aromatic carbocycles. The van der Waals surface area contributed by atoms with Crippen LogP contribution in [0, 0.1) is 0 Å². The number of hydrogen-bond donors (Lipinski definition) is 1. The fourth-order valence-electron chi connectivity index (χ4n) is 1.98. The Hall–Kier alpha value is -1.00. The van der Waals surface area contributed by atoms with Crippen molar-refractivity contribution in [3.8, 4) is 0 Å². The fraction of sp³-hybridized carbons (Fsp3) is 0.533. The Morgan fingerprint density at radius 2 is 2.11 bits per heavy atom. The van der Waals surface area contributed by atoms with Crippen molar-refractivity contribution < 1.29 is 0 Å². The van der Waals surface area contributed by atoms with Gasteiger partial charge in [0.15, 0.2) is 0 Å². The standard InChI is InChI=1S/C15H23N3S/c1-5-11(16)10-12-14(19-15(2,3)4)17-13-8-6-7-9-18(12)13/h6-9,11H,5,10,16H2,1-4H3. The molecule has 0 bridgehead atoms. The van der Waals surface area contributed by atoms with E-state index in [-0.39, 0.29) is 10.8 Å². The highest BCUT2D eigenvalue weighted by atomic mass is 32.2. The summed E-state index contributed by atoms with van der Waals surface area (Å²) in [4.78, 5) is 4.76. The number of aromatic nitrogens is 2. The quantitative estimate of drug-likeness (QED) is 0.870. The molecule has 0 fully saturated rings. The third-order valence-electron chi connectivity index (χ3n) is 2.97. The van der Waals surface area contributed by atoms with Crippen LogP contribution in [-0.4, -0.2) is 20.2 Å². The topological polar surface area (TPSA) is 43.3 Å². The Morgan fingerprint density at radius 3 is 2.74 bits per heavy atom. The highest BCUT2D eigenvalue weighted by Gasteiger charge is 2.20. The molecule has 2 heterocycles. The van der Waals surface area contributed by atoms with Gasteiger partial charge in [0.2, 0.25) is 0 Å². The molecule has 0 saturated carbocycles. The maximum atomic E-state index is 6.14. The van der Waals surface area contributed by atoms with Crippen molar-refractivity contribution >= 4 is 17.4 Å². The molecule has 2 N–H and O–H groups in total. The molecule has 104 valence electrons. The van der Waals surface area contributed by atoms with E-state index in [0.717, 1.165) is 23.5 Å². The summed E-state index contributed by atoms with van der Waals surface area (Å²) in [5.41, 5.74) is 8.39. The molecule has 0 radical (unpaired) electrons. The molecule has 2 aromatic rings. The Kier molecular flexibility index (Phi) is 4.21. The lowest BCUT2D eigenvalue weighted by molar-refractivity contribution is 0.626. The first-order chi connectivity index (χ1) is 8.90. The summed E-state index contributed by atoms with van der Waals surface area (Å²) in [6, 6.07) is 6.31. The fourth-order valence-corrected chi connectivity index (χ4v) is 2.99. The molecule has 0 saturated heterocycles. The van der Waals surface area contributed by atoms with Crippen molar-refractivity contribution in [1.29, 1.82) is 0 Å². The van der Waals surface area contributed by atoms with Gasteiger partial charge in [0.25, 0.3) is 0 Å². The zero-order valence-electron chi connectivity index (χ0n) is 12.2. The zero-order valence-corrected chi connectivity index (χ0v) is 13.0. The third kappa shape index (κ3) is 3.51. The number of hydrogen-bond acceptors (Lipinski definition) is 3. The van der Waals surface area contributed by atoms with Crippen molar-refractivity contribution in [1.82, 2.24) is 9.38 Å². The summed E-state index contributed by atoms with van der Waals surface area (Å²) in [6.07, 6.45) is 3.94. The van der Waals surface area contributed by atoms with Crippen molar-refractivity contribution in [2.75, 3.05) is 0 Å². The molecule has 0 aliphatic heterocycles. The molecule has 0 amide bonds. The molecule has 0 aliphatic carbocycles. The molecule has 19 heavy (non-hydrogen) atoms. The van der Waals surface area contributed by atoms with E-state index in [1.54, 1.807) is 0 Å². The van der Waals surface area contributed by atoms with Crippen LogP contribution in [0.4, 0.5) is 0 Å². The largest absolute Gasteiger partial charge is 0.327 e. The molecule has 1 unspecified atom stereocenters. The highest BCUT2D eigenvalue weighted by Crippen LogP contribution is 2.34. The van der Waals surface area contributed by atoms with Crippen LogP contribution < -0.4 is 5.73 Å². The SMILES string of the molecule is CCC(N)Cc1c(SC(C)(C)C)nc2ccccn12. The molecule has 1 atom stereocenters. The van der Waals surface area contributed by atoms with Crippen molar-refractivity contribution in [2.45, 2.75) is 56.4 Å². The molecule has 0 spiro atoms. The van der Waals surface area contributed by atoms with Gasteiger partial charge in [-0.05, 0) is 18.6 Å². The lowest BCUT2D eigenvalue weighted by atomic mass is 10.1. The van der Waals surface area contributed by atoms with Crippen molar-refractivity contribution in [3.05, 3.63) is 30.1 Å². The summed E-state index contributed by atoms with van der Waals surface area (Å²) in [5, 5.41) is 1.11. The normalized spacial score (nSPS) is 13.9. The Labute approximate surface area is 119 Å². The maximum absolute atomic E-state index is 6.14. The van der Waals surface area contributed by atoms with Gasteiger partial charge >= 0.3 is 0 Å². The van der Waals surface area contributed by atoms with Gasteiger partial charge in [-0.25, -0.2) is 4.98 Å². The predicted octanol–water partition coefficient (Wildman–Crippen LogP) is 3.50. The Bertz CT molecular complexity index is 554. The Balaban J connectivity index is 2.45. The first-order valence-electron chi connectivity index (χ1n) is 6.81. The van der Waals surface area contributed by atoms with Gasteiger partial charge in [0.05, 0.1) is 5.69 Å². The number of thioether (sulfide) groups is 1. The van der Waals surface area contributed by atoms with Crippen molar-refractivity contribution in [2.24, 2.45) is 5.73 Å². The smallest absolute Gasteiger partial charge is 0.138 e. The number of nitrogens with two attached hydrogens (primary N) is 1. The first kappa shape index (κ1) is 14.4. The number of pyridine rings is 1. The lowest BCUT2D eigenvalue weighted by Gasteiger charge is -2.17. The molecular formula is C15H23N3S. The minimum atomic E-state index is 0.156. The van der Waals surface area contributed by atoms with Crippen LogP contribution in [0.1, 0.15) is 39.8 Å². The van der Waals surface area contributed by atoms with Gasteiger partial charge in [-0.15, -0.1) is 0 Å². The second-order valence-corrected chi connectivity index (χ2v) is 7.69. The van der Waals surface area contributed by atoms with Crippen LogP contribution in [0.15, 0.2) is 29.4 Å². The van der Waals surface area contributed by atoms with Crippen LogP contribution in [-0.2, 0) is 6.42 Å². The summed E-state index contributed by atoms with van der Waals surface area (Å²) >= 11 is 1.82. The number of fused-ring (bicyclic) bond motifs is 1. The molecule has 4 heteroatoms. The molecular weight excluding hydrogens is 254 g/mol. The molecule has 2 rings (SSSR count). The number of nitrogens with zero attached hydrogens (tertiary/aromatic N) is 2. The molecule has 2 aromatic heterocycles. The highest BCUT2D eigenvalue weighted by molar-refractivity contribution is 8.00. The van der Waals surface area contributed by atoms with Gasteiger partial charge in [-0.3, -0.25) is 0 Å². The molecule has 0 aliphatic rings. The zero-order chi connectivity index (χ0) is 14.0. The van der Waals surface area contributed by atoms with Crippen LogP contribution in [0.2, 0.25) is 0 Å². The van der Waals surface area contributed by atoms with E-state index in [0.29, 0.717) is 0 Å². The lowest BCUT2D eigenvalue weighted by Crippen LogP contribution is -2.22. The maximum Gasteiger partial charge on any atom is 0.138 e. The van der Waals surface area contributed by atoms with E-state index in [1.807, 2.05) is 30.0 Å². The van der Waals surface area contributed by atoms with E-state index < -0.39 is 0 Å². The van der Waals surface area contributed by atoms with Crippen LogP contribution in [0.3, 0.4) is 0 Å². The Morgan fingerprint density at radius 1 is 1.37 bits per heavy atom. The minimum absolute atomic E-state index is 0.156. The third-order valence-corrected chi connectivity index (χ3v) is 4.11. The van der Waals surface area contributed by atoms with Gasteiger partial charge in [0.1, 0.15) is 10.7 Å². The monoisotopic (exact) mass is 277 g/mol. The average Bonchev–Trinajstić information content (AvgIpc) is 2.65. The van der Waals surface area contributed by atoms with Crippen LogP contribution in [0.5, 0.6) is 0 Å². The van der Waals surface area contributed by atoms with Crippen LogP contribution in [0.25, 0.3) is 5.65 Å². The van der Waals surface area contributed by atoms with Gasteiger partial charge < -0.3 is 10.1 Å². The number of rotatable bonds is 4. The van der Waals surface area contributed by atoms with E-state index in [9.17, 15) is 0 Å². The summed E-state index contributed by atoms with van der Waals surface area (Å²) in [5.74, 6) is 0. The summed E-state index contributed by atoms with van der Waals surface area (Å²) in [6.45, 7) is 8.77. The van der Waals surface area contributed by atoms with E-state index in [4.69, 9.17) is 10.7 Å². The second kappa shape index (κ2) is 5.55. The van der Waals surface area contributed by atoms with E-state index >= 15 is 0 Å². The van der Waals surface area contributed by atoms with Crippen molar-refractivity contribution in [3.63, 3.8) is 0 Å². The van der Waals surface area contributed by atoms with E-state index in [1.165, 1.54) is 5.69 Å². The van der Waals surface area contributed by atoms with Gasteiger partial charge in [-0.2, -0.15) is 0 Å². The van der Waals surface area contributed by atoms with Crippen LogP contribution >= 0.6 is 11.8 Å². The summed E-state index contributed by atoms with van der Waals surface area (Å²) < 4.78 is 2.33. The first-order valence-corrected chi connectivity index (χ1v) is 7.63. The second-order valence-electron chi connectivity index (χ2n) is 5.88. The van der Waals surface area contributed by atoms with Gasteiger partial charge in [-0.1, -0.05) is 45.5 Å². The summed E-state index contributed by atoms with van der Waals surface area (Å²) in [7, 11) is 0.